The number of ether oxygens (including phenoxy) is 1. The number of benzene rings is 1. The second kappa shape index (κ2) is 8.62. The number of nitrogens with zero attached hydrogens (tertiary/aromatic N) is 2. The smallest absolute Gasteiger partial charge is 0.274 e. The van der Waals surface area contributed by atoms with Crippen molar-refractivity contribution in [2.24, 2.45) is 18.9 Å². The standard InChI is InChI=1S/C23H25ClFN3O3/c1-28-13-26-20(21(28)22(29)27-17-4-5-19(25)18(24)10-17)14-8-15-11-23(30,6-3-7-31-2)12-16(15)9-14/h4-5,10,13-16,30H,7-9,11-12H2,1-2H3,(H,27,29). The molecule has 0 spiro atoms. The van der Waals surface area contributed by atoms with E-state index in [0.29, 0.717) is 42.7 Å². The number of aromatic nitrogens is 2. The number of amides is 1. The maximum atomic E-state index is 13.4. The Kier molecular flexibility index (Phi) is 6.07. The van der Waals surface area contributed by atoms with Crippen molar-refractivity contribution in [3.8, 4) is 11.8 Å². The number of fused-ring (bicyclic) bond motifs is 1. The van der Waals surface area contributed by atoms with Gasteiger partial charge in [-0.05, 0) is 55.7 Å². The summed E-state index contributed by atoms with van der Waals surface area (Å²) in [5.41, 5.74) is 0.717. The van der Waals surface area contributed by atoms with Crippen molar-refractivity contribution in [2.45, 2.75) is 37.2 Å². The number of aryl methyl sites for hydroxylation is 1. The van der Waals surface area contributed by atoms with Gasteiger partial charge in [-0.3, -0.25) is 4.79 Å². The highest BCUT2D eigenvalue weighted by Crippen LogP contribution is 2.53. The van der Waals surface area contributed by atoms with Crippen LogP contribution in [0.15, 0.2) is 24.5 Å². The fourth-order valence-corrected chi connectivity index (χ4v) is 5.23. The summed E-state index contributed by atoms with van der Waals surface area (Å²) in [6.07, 6.45) is 4.63. The van der Waals surface area contributed by atoms with Gasteiger partial charge in [0.2, 0.25) is 0 Å². The predicted octanol–water partition coefficient (Wildman–Crippen LogP) is 3.75. The van der Waals surface area contributed by atoms with Crippen molar-refractivity contribution in [3.63, 3.8) is 0 Å². The molecule has 2 N–H and O–H groups in total. The minimum Gasteiger partial charge on any atom is -0.378 e. The quantitative estimate of drug-likeness (QED) is 0.703. The molecule has 6 nitrogen and oxygen atoms in total. The molecule has 4 rings (SSSR count). The van der Waals surface area contributed by atoms with Crippen molar-refractivity contribution in [1.29, 1.82) is 0 Å². The molecular formula is C23H25ClFN3O3. The number of hydrogen-bond donors (Lipinski definition) is 2. The zero-order valence-electron chi connectivity index (χ0n) is 17.5. The van der Waals surface area contributed by atoms with Crippen LogP contribution in [0.2, 0.25) is 5.02 Å². The first-order chi connectivity index (χ1) is 14.8. The molecule has 1 heterocycles. The topological polar surface area (TPSA) is 76.4 Å². The molecule has 2 fully saturated rings. The number of halogens is 2. The van der Waals surface area contributed by atoms with Crippen molar-refractivity contribution < 1.29 is 19.0 Å². The number of rotatable bonds is 4. The molecule has 1 amide bonds. The molecule has 1 aromatic heterocycles. The van der Waals surface area contributed by atoms with Gasteiger partial charge in [-0.15, -0.1) is 0 Å². The Hall–Kier alpha value is -2.40. The number of imidazole rings is 1. The zero-order valence-corrected chi connectivity index (χ0v) is 18.2. The van der Waals surface area contributed by atoms with Gasteiger partial charge in [0.05, 0.1) is 17.0 Å². The summed E-state index contributed by atoms with van der Waals surface area (Å²) < 4.78 is 20.1. The van der Waals surface area contributed by atoms with E-state index in [2.05, 4.69) is 22.1 Å². The molecule has 0 radical (unpaired) electrons. The molecule has 31 heavy (non-hydrogen) atoms. The summed E-state index contributed by atoms with van der Waals surface area (Å²) in [6, 6.07) is 4.08. The van der Waals surface area contributed by atoms with Crippen molar-refractivity contribution >= 4 is 23.2 Å². The molecule has 2 unspecified atom stereocenters. The molecule has 2 atom stereocenters. The summed E-state index contributed by atoms with van der Waals surface area (Å²) in [6.45, 7) is 0.311. The van der Waals surface area contributed by atoms with E-state index in [0.717, 1.165) is 18.5 Å². The summed E-state index contributed by atoms with van der Waals surface area (Å²) >= 11 is 5.83. The zero-order chi connectivity index (χ0) is 22.2. The lowest BCUT2D eigenvalue weighted by molar-refractivity contribution is 0.0975. The summed E-state index contributed by atoms with van der Waals surface area (Å²) in [4.78, 5) is 17.5. The summed E-state index contributed by atoms with van der Waals surface area (Å²) in [5, 5.41) is 13.5. The van der Waals surface area contributed by atoms with Crippen LogP contribution in [0, 0.1) is 29.5 Å². The highest BCUT2D eigenvalue weighted by Gasteiger charge is 2.49. The Morgan fingerprint density at radius 3 is 2.77 bits per heavy atom. The van der Waals surface area contributed by atoms with E-state index in [1.54, 1.807) is 25.1 Å². The highest BCUT2D eigenvalue weighted by atomic mass is 35.5. The first-order valence-corrected chi connectivity index (χ1v) is 10.7. The largest absolute Gasteiger partial charge is 0.378 e. The number of carbonyl (C=O) groups is 1. The van der Waals surface area contributed by atoms with Crippen LogP contribution in [0.25, 0.3) is 0 Å². The fourth-order valence-electron chi connectivity index (χ4n) is 5.05. The minimum absolute atomic E-state index is 0.0484. The third kappa shape index (κ3) is 4.47. The second-order valence-corrected chi connectivity index (χ2v) is 8.94. The molecule has 8 heteroatoms. The lowest BCUT2D eigenvalue weighted by Gasteiger charge is -2.19. The number of anilines is 1. The van der Waals surface area contributed by atoms with Gasteiger partial charge in [-0.25, -0.2) is 9.37 Å². The maximum absolute atomic E-state index is 13.4. The van der Waals surface area contributed by atoms with Gasteiger partial charge in [0.25, 0.3) is 5.91 Å². The van der Waals surface area contributed by atoms with E-state index in [9.17, 15) is 14.3 Å². The molecule has 0 saturated heterocycles. The van der Waals surface area contributed by atoms with Crippen LogP contribution >= 0.6 is 11.6 Å². The van der Waals surface area contributed by atoms with Crippen molar-refractivity contribution in [3.05, 3.63) is 46.8 Å². The Morgan fingerprint density at radius 2 is 2.13 bits per heavy atom. The van der Waals surface area contributed by atoms with E-state index in [1.165, 1.54) is 18.2 Å². The average molecular weight is 446 g/mol. The number of aliphatic hydroxyl groups is 1. The van der Waals surface area contributed by atoms with E-state index in [-0.39, 0.29) is 16.8 Å². The number of carbonyl (C=O) groups excluding carboxylic acids is 1. The third-order valence-corrected chi connectivity index (χ3v) is 6.61. The van der Waals surface area contributed by atoms with E-state index < -0.39 is 11.4 Å². The first kappa shape index (κ1) is 21.8. The maximum Gasteiger partial charge on any atom is 0.274 e. The van der Waals surface area contributed by atoms with Crippen LogP contribution in [0.4, 0.5) is 10.1 Å². The molecule has 2 aliphatic carbocycles. The van der Waals surface area contributed by atoms with Gasteiger partial charge in [-0.1, -0.05) is 23.4 Å². The van der Waals surface area contributed by atoms with Crippen LogP contribution in [0.3, 0.4) is 0 Å². The van der Waals surface area contributed by atoms with Gasteiger partial charge in [0.15, 0.2) is 0 Å². The van der Waals surface area contributed by atoms with Gasteiger partial charge in [0.1, 0.15) is 23.7 Å². The molecule has 2 aliphatic rings. The van der Waals surface area contributed by atoms with E-state index >= 15 is 0 Å². The van der Waals surface area contributed by atoms with Crippen molar-refractivity contribution in [2.75, 3.05) is 19.0 Å². The highest BCUT2D eigenvalue weighted by molar-refractivity contribution is 6.31. The van der Waals surface area contributed by atoms with E-state index in [4.69, 9.17) is 16.3 Å². The van der Waals surface area contributed by atoms with Gasteiger partial charge in [0, 0.05) is 25.8 Å². The van der Waals surface area contributed by atoms with E-state index in [1.807, 2.05) is 0 Å². The summed E-state index contributed by atoms with van der Waals surface area (Å²) in [7, 11) is 3.36. The van der Waals surface area contributed by atoms with Gasteiger partial charge >= 0.3 is 0 Å². The molecule has 0 bridgehead atoms. The lowest BCUT2D eigenvalue weighted by atomic mass is 9.92. The van der Waals surface area contributed by atoms with Crippen LogP contribution < -0.4 is 5.32 Å². The van der Waals surface area contributed by atoms with Crippen LogP contribution in [-0.4, -0.2) is 39.9 Å². The fraction of sp³-hybridized carbons (Fsp3) is 0.478. The minimum atomic E-state index is -0.953. The number of hydrogen-bond acceptors (Lipinski definition) is 4. The predicted molar refractivity (Wildman–Crippen MR) is 115 cm³/mol. The average Bonchev–Trinajstić information content (AvgIpc) is 3.36. The molecule has 0 aliphatic heterocycles. The van der Waals surface area contributed by atoms with Gasteiger partial charge < -0.3 is 19.7 Å². The van der Waals surface area contributed by atoms with Crippen LogP contribution in [0.5, 0.6) is 0 Å². The monoisotopic (exact) mass is 445 g/mol. The molecule has 164 valence electrons. The molecule has 2 saturated carbocycles. The SMILES string of the molecule is COCC#CC1(O)CC2CC(c3ncn(C)c3C(=O)Nc3ccc(F)c(Cl)c3)CC2C1. The van der Waals surface area contributed by atoms with Crippen molar-refractivity contribution in [1.82, 2.24) is 9.55 Å². The molecule has 1 aromatic carbocycles. The lowest BCUT2D eigenvalue weighted by Crippen LogP contribution is -2.24. The Labute approximate surface area is 185 Å². The van der Waals surface area contributed by atoms with Gasteiger partial charge in [-0.2, -0.15) is 0 Å². The van der Waals surface area contributed by atoms with Crippen LogP contribution in [0.1, 0.15) is 47.8 Å². The Bertz CT molecular complexity index is 1040. The summed E-state index contributed by atoms with van der Waals surface area (Å²) in [5.74, 6) is 5.85. The first-order valence-electron chi connectivity index (χ1n) is 10.3. The Morgan fingerprint density at radius 1 is 1.42 bits per heavy atom. The normalized spacial score (nSPS) is 26.9. The Balaban J connectivity index is 1.48. The molecule has 2 aromatic rings. The number of methoxy groups -OCH3 is 1. The molecular weight excluding hydrogens is 421 g/mol. The second-order valence-electron chi connectivity index (χ2n) is 8.54. The van der Waals surface area contributed by atoms with Crippen LogP contribution in [-0.2, 0) is 11.8 Å². The third-order valence-electron chi connectivity index (χ3n) is 6.32. The number of nitrogens with one attached hydrogen (secondary N) is 1.